The summed E-state index contributed by atoms with van der Waals surface area (Å²) >= 11 is 0. The average molecular weight is 414 g/mol. The quantitative estimate of drug-likeness (QED) is 0.359. The minimum absolute atomic E-state index is 0.0582. The molecule has 0 unspecified atom stereocenters. The van der Waals surface area contributed by atoms with Gasteiger partial charge in [0.15, 0.2) is 11.5 Å². The number of nitrogens with one attached hydrogen (secondary N) is 1. The number of ether oxygens (including phenoxy) is 2. The first-order valence-corrected chi connectivity index (χ1v) is 9.62. The first kappa shape index (κ1) is 18.7. The molecule has 31 heavy (non-hydrogen) atoms. The van der Waals surface area contributed by atoms with E-state index in [1.807, 2.05) is 66.6 Å². The van der Waals surface area contributed by atoms with Gasteiger partial charge in [0.2, 0.25) is 6.79 Å². The van der Waals surface area contributed by atoms with Crippen molar-refractivity contribution < 1.29 is 14.4 Å². The second-order valence-electron chi connectivity index (χ2n) is 7.12. The Balaban J connectivity index is 1.41. The maximum atomic E-state index is 11.1. The maximum Gasteiger partial charge on any atom is 0.271 e. The molecule has 0 bridgehead atoms. The van der Waals surface area contributed by atoms with Gasteiger partial charge < -0.3 is 14.4 Å². The zero-order chi connectivity index (χ0) is 21.4. The Labute approximate surface area is 177 Å². The normalized spacial score (nSPS) is 12.5. The third-order valence-electron chi connectivity index (χ3n) is 5.22. The summed E-state index contributed by atoms with van der Waals surface area (Å²) in [6, 6.07) is 18.3. The van der Waals surface area contributed by atoms with Gasteiger partial charge >= 0.3 is 0 Å². The lowest BCUT2D eigenvalue weighted by molar-refractivity contribution is -0.384. The highest BCUT2D eigenvalue weighted by Crippen LogP contribution is 2.33. The van der Waals surface area contributed by atoms with E-state index in [0.717, 1.165) is 45.0 Å². The molecule has 0 atom stereocenters. The van der Waals surface area contributed by atoms with Gasteiger partial charge in [-0.25, -0.2) is 0 Å². The van der Waals surface area contributed by atoms with Crippen LogP contribution in [0.25, 0.3) is 23.1 Å². The second-order valence-corrected chi connectivity index (χ2v) is 7.12. The SMILES string of the molecule is CN(c1cccc([N+](=O)[O-])c1)c1ccc2c(C=Cc3ccc4c(c3)OCO4)n[nH]c2c1. The monoisotopic (exact) mass is 414 g/mol. The summed E-state index contributed by atoms with van der Waals surface area (Å²) in [6.07, 6.45) is 3.92. The number of nitro benzene ring substituents is 1. The summed E-state index contributed by atoms with van der Waals surface area (Å²) in [5.74, 6) is 1.49. The van der Waals surface area contributed by atoms with Crippen molar-refractivity contribution in [2.24, 2.45) is 0 Å². The summed E-state index contributed by atoms with van der Waals surface area (Å²) in [5, 5.41) is 19.5. The van der Waals surface area contributed by atoms with Crippen molar-refractivity contribution in [2.75, 3.05) is 18.7 Å². The molecule has 0 aliphatic carbocycles. The van der Waals surface area contributed by atoms with E-state index in [-0.39, 0.29) is 12.5 Å². The third-order valence-corrected chi connectivity index (χ3v) is 5.22. The first-order chi connectivity index (χ1) is 15.1. The van der Waals surface area contributed by atoms with Crippen LogP contribution in [0.3, 0.4) is 0 Å². The van der Waals surface area contributed by atoms with Crippen LogP contribution >= 0.6 is 0 Å². The molecule has 1 aromatic heterocycles. The van der Waals surface area contributed by atoms with Gasteiger partial charge in [0.1, 0.15) is 0 Å². The minimum Gasteiger partial charge on any atom is -0.454 e. The van der Waals surface area contributed by atoms with Crippen molar-refractivity contribution in [3.63, 3.8) is 0 Å². The number of nitrogens with zero attached hydrogens (tertiary/aromatic N) is 3. The molecule has 0 saturated carbocycles. The van der Waals surface area contributed by atoms with Crippen molar-refractivity contribution in [1.82, 2.24) is 10.2 Å². The zero-order valence-electron chi connectivity index (χ0n) is 16.6. The molecule has 0 radical (unpaired) electrons. The molecule has 8 heteroatoms. The Morgan fingerprint density at radius 2 is 1.87 bits per heavy atom. The van der Waals surface area contributed by atoms with Crippen molar-refractivity contribution in [3.05, 3.63) is 82.0 Å². The van der Waals surface area contributed by atoms with Crippen LogP contribution in [0, 0.1) is 10.1 Å². The molecule has 3 aromatic carbocycles. The van der Waals surface area contributed by atoms with Gasteiger partial charge in [-0.3, -0.25) is 15.2 Å². The molecule has 0 spiro atoms. The standard InChI is InChI=1S/C23H18N4O4/c1-26(16-3-2-4-18(12-16)27(28)29)17-7-8-19-20(24-25-21(19)13-17)9-5-15-6-10-22-23(11-15)31-14-30-22/h2-13H,14H2,1H3,(H,24,25). The van der Waals surface area contributed by atoms with Gasteiger partial charge in [-0.05, 0) is 48.0 Å². The van der Waals surface area contributed by atoms with E-state index in [0.29, 0.717) is 0 Å². The maximum absolute atomic E-state index is 11.1. The van der Waals surface area contributed by atoms with E-state index in [2.05, 4.69) is 10.2 Å². The second kappa shape index (κ2) is 7.49. The molecule has 0 fully saturated rings. The van der Waals surface area contributed by atoms with E-state index < -0.39 is 4.92 Å². The molecule has 0 amide bonds. The molecule has 8 nitrogen and oxygen atoms in total. The number of aromatic nitrogens is 2. The molecular formula is C23H18N4O4. The van der Waals surface area contributed by atoms with E-state index in [1.165, 1.54) is 6.07 Å². The minimum atomic E-state index is -0.395. The van der Waals surface area contributed by atoms with E-state index in [9.17, 15) is 10.1 Å². The van der Waals surface area contributed by atoms with Gasteiger partial charge in [0.05, 0.1) is 16.1 Å². The van der Waals surface area contributed by atoms with Crippen molar-refractivity contribution >= 4 is 40.1 Å². The number of hydrogen-bond acceptors (Lipinski definition) is 6. The van der Waals surface area contributed by atoms with Gasteiger partial charge in [-0.1, -0.05) is 18.2 Å². The third kappa shape index (κ3) is 3.55. The van der Waals surface area contributed by atoms with E-state index >= 15 is 0 Å². The lowest BCUT2D eigenvalue weighted by Gasteiger charge is -2.19. The van der Waals surface area contributed by atoms with Gasteiger partial charge in [-0.15, -0.1) is 0 Å². The Hall–Kier alpha value is -4.33. The summed E-state index contributed by atoms with van der Waals surface area (Å²) in [7, 11) is 1.87. The highest BCUT2D eigenvalue weighted by molar-refractivity contribution is 5.92. The molecule has 2 heterocycles. The van der Waals surface area contributed by atoms with Crippen molar-refractivity contribution in [3.8, 4) is 11.5 Å². The number of fused-ring (bicyclic) bond motifs is 2. The summed E-state index contributed by atoms with van der Waals surface area (Å²) in [5.41, 5.74) is 4.36. The Kier molecular flexibility index (Phi) is 4.51. The van der Waals surface area contributed by atoms with Crippen LogP contribution in [0.2, 0.25) is 0 Å². The number of hydrogen-bond donors (Lipinski definition) is 1. The van der Waals surface area contributed by atoms with E-state index in [4.69, 9.17) is 9.47 Å². The van der Waals surface area contributed by atoms with Crippen LogP contribution < -0.4 is 14.4 Å². The van der Waals surface area contributed by atoms with Crippen LogP contribution in [-0.2, 0) is 0 Å². The van der Waals surface area contributed by atoms with Crippen LogP contribution in [0.1, 0.15) is 11.3 Å². The van der Waals surface area contributed by atoms with E-state index in [1.54, 1.807) is 12.1 Å². The predicted molar refractivity (Wildman–Crippen MR) is 119 cm³/mol. The van der Waals surface area contributed by atoms with Crippen LogP contribution in [0.15, 0.2) is 60.7 Å². The number of aromatic amines is 1. The zero-order valence-corrected chi connectivity index (χ0v) is 16.6. The van der Waals surface area contributed by atoms with Crippen LogP contribution in [0.4, 0.5) is 17.1 Å². The largest absolute Gasteiger partial charge is 0.454 e. The first-order valence-electron chi connectivity index (χ1n) is 9.62. The van der Waals surface area contributed by atoms with Gasteiger partial charge in [0, 0.05) is 35.9 Å². The molecule has 0 saturated heterocycles. The number of anilines is 2. The molecular weight excluding hydrogens is 396 g/mol. The number of nitro groups is 1. The molecule has 4 aromatic rings. The lowest BCUT2D eigenvalue weighted by atomic mass is 10.1. The fraction of sp³-hybridized carbons (Fsp3) is 0.0870. The fourth-order valence-corrected chi connectivity index (χ4v) is 3.52. The molecule has 1 aliphatic heterocycles. The van der Waals surface area contributed by atoms with Crippen molar-refractivity contribution in [2.45, 2.75) is 0 Å². The highest BCUT2D eigenvalue weighted by atomic mass is 16.7. The summed E-state index contributed by atoms with van der Waals surface area (Å²) in [4.78, 5) is 12.6. The summed E-state index contributed by atoms with van der Waals surface area (Å²) < 4.78 is 10.8. The van der Waals surface area contributed by atoms with Crippen LogP contribution in [-0.4, -0.2) is 29.0 Å². The molecule has 1 N–H and O–H groups in total. The molecule has 154 valence electrons. The predicted octanol–water partition coefficient (Wildman–Crippen LogP) is 5.14. The van der Waals surface area contributed by atoms with Crippen LogP contribution in [0.5, 0.6) is 11.5 Å². The smallest absolute Gasteiger partial charge is 0.271 e. The topological polar surface area (TPSA) is 93.5 Å². The molecule has 1 aliphatic rings. The number of rotatable bonds is 5. The fourth-order valence-electron chi connectivity index (χ4n) is 3.52. The van der Waals surface area contributed by atoms with Gasteiger partial charge in [-0.2, -0.15) is 5.10 Å². The Morgan fingerprint density at radius 3 is 2.74 bits per heavy atom. The van der Waals surface area contributed by atoms with Gasteiger partial charge in [0.25, 0.3) is 5.69 Å². The lowest BCUT2D eigenvalue weighted by Crippen LogP contribution is -2.09. The Morgan fingerprint density at radius 1 is 1.03 bits per heavy atom. The Bertz CT molecular complexity index is 1330. The average Bonchev–Trinajstić information content (AvgIpc) is 3.43. The summed E-state index contributed by atoms with van der Waals surface area (Å²) in [6.45, 7) is 0.250. The van der Waals surface area contributed by atoms with Crippen molar-refractivity contribution in [1.29, 1.82) is 0 Å². The highest BCUT2D eigenvalue weighted by Gasteiger charge is 2.13. The number of non-ortho nitro benzene ring substituents is 1. The number of benzene rings is 3. The number of H-pyrrole nitrogens is 1. The molecule has 5 rings (SSSR count).